The highest BCUT2D eigenvalue weighted by Crippen LogP contribution is 2.31. The molecule has 0 saturated carbocycles. The van der Waals surface area contributed by atoms with Crippen LogP contribution in [-0.2, 0) is 20.7 Å². The first kappa shape index (κ1) is 20.7. The summed E-state index contributed by atoms with van der Waals surface area (Å²) in [4.78, 5) is 29.1. The molecule has 0 atom stereocenters. The number of carbonyl (C=O) groups excluding carboxylic acids is 2. The second-order valence-electron chi connectivity index (χ2n) is 6.70. The number of pyridine rings is 1. The predicted octanol–water partition coefficient (Wildman–Crippen LogP) is 4.35. The molecule has 8 heteroatoms. The van der Waals surface area contributed by atoms with E-state index < -0.39 is 11.9 Å². The number of ether oxygens (including phenoxy) is 2. The van der Waals surface area contributed by atoms with Gasteiger partial charge in [0.1, 0.15) is 5.69 Å². The van der Waals surface area contributed by atoms with Crippen LogP contribution in [0.3, 0.4) is 0 Å². The van der Waals surface area contributed by atoms with E-state index in [1.165, 1.54) is 14.2 Å². The Kier molecular flexibility index (Phi) is 5.81. The first-order valence-corrected chi connectivity index (χ1v) is 10.2. The number of hydrogen-bond acceptors (Lipinski definition) is 6. The maximum Gasteiger partial charge on any atom is 0.339 e. The minimum atomic E-state index is -0.581. The predicted molar refractivity (Wildman–Crippen MR) is 119 cm³/mol. The van der Waals surface area contributed by atoms with Crippen LogP contribution in [-0.4, -0.2) is 40.9 Å². The van der Waals surface area contributed by atoms with E-state index in [4.69, 9.17) is 14.6 Å². The Balaban J connectivity index is 2.03. The normalized spacial score (nSPS) is 10.8. The SMILES string of the molecule is COC(=O)Cc1nc2c(cc1C(=O)OC)c(-c1ccc(Br)cc1)nn2-c1ccccc1. The van der Waals surface area contributed by atoms with Gasteiger partial charge in [-0.2, -0.15) is 5.10 Å². The van der Waals surface area contributed by atoms with Gasteiger partial charge in [0.2, 0.25) is 0 Å². The molecular weight excluding hydrogens is 462 g/mol. The van der Waals surface area contributed by atoms with Crippen molar-refractivity contribution in [1.82, 2.24) is 14.8 Å². The second kappa shape index (κ2) is 8.69. The number of aromatic nitrogens is 3. The van der Waals surface area contributed by atoms with Crippen molar-refractivity contribution < 1.29 is 19.1 Å². The van der Waals surface area contributed by atoms with E-state index in [1.807, 2.05) is 54.6 Å². The van der Waals surface area contributed by atoms with Crippen molar-refractivity contribution >= 4 is 38.9 Å². The molecule has 0 aliphatic carbocycles. The van der Waals surface area contributed by atoms with Crippen molar-refractivity contribution in [3.63, 3.8) is 0 Å². The van der Waals surface area contributed by atoms with E-state index >= 15 is 0 Å². The molecule has 0 aliphatic heterocycles. The summed E-state index contributed by atoms with van der Waals surface area (Å²) in [6, 6.07) is 18.9. The van der Waals surface area contributed by atoms with Gasteiger partial charge in [0, 0.05) is 15.4 Å². The number of hydrogen-bond donors (Lipinski definition) is 0. The molecule has 0 radical (unpaired) electrons. The minimum absolute atomic E-state index is 0.162. The average Bonchev–Trinajstić information content (AvgIpc) is 3.17. The van der Waals surface area contributed by atoms with Gasteiger partial charge in [-0.3, -0.25) is 4.79 Å². The van der Waals surface area contributed by atoms with Crippen LogP contribution in [0.5, 0.6) is 0 Å². The Morgan fingerprint density at radius 3 is 2.35 bits per heavy atom. The zero-order valence-electron chi connectivity index (χ0n) is 16.8. The Morgan fingerprint density at radius 2 is 1.71 bits per heavy atom. The lowest BCUT2D eigenvalue weighted by atomic mass is 10.1. The van der Waals surface area contributed by atoms with Crippen LogP contribution < -0.4 is 0 Å². The van der Waals surface area contributed by atoms with Gasteiger partial charge < -0.3 is 9.47 Å². The van der Waals surface area contributed by atoms with Gasteiger partial charge in [0.25, 0.3) is 0 Å². The maximum atomic E-state index is 12.5. The summed E-state index contributed by atoms with van der Waals surface area (Å²) in [6.07, 6.45) is -0.162. The summed E-state index contributed by atoms with van der Waals surface area (Å²) in [5.74, 6) is -1.08. The molecule has 0 saturated heterocycles. The van der Waals surface area contributed by atoms with E-state index in [0.29, 0.717) is 16.7 Å². The van der Waals surface area contributed by atoms with Gasteiger partial charge >= 0.3 is 11.9 Å². The van der Waals surface area contributed by atoms with Gasteiger partial charge in [0.15, 0.2) is 5.65 Å². The van der Waals surface area contributed by atoms with Crippen molar-refractivity contribution in [2.75, 3.05) is 14.2 Å². The number of halogens is 1. The van der Waals surface area contributed by atoms with Crippen molar-refractivity contribution in [3.8, 4) is 16.9 Å². The molecule has 0 aliphatic rings. The number of nitrogens with zero attached hydrogens (tertiary/aromatic N) is 3. The molecule has 0 bridgehead atoms. The highest BCUT2D eigenvalue weighted by atomic mass is 79.9. The lowest BCUT2D eigenvalue weighted by molar-refractivity contribution is -0.139. The fourth-order valence-electron chi connectivity index (χ4n) is 3.28. The molecule has 2 heterocycles. The Labute approximate surface area is 186 Å². The van der Waals surface area contributed by atoms with Crippen LogP contribution in [0, 0.1) is 0 Å². The van der Waals surface area contributed by atoms with Gasteiger partial charge in [0.05, 0.1) is 37.6 Å². The fourth-order valence-corrected chi connectivity index (χ4v) is 3.54. The van der Waals surface area contributed by atoms with Gasteiger partial charge in [-0.25, -0.2) is 14.5 Å². The minimum Gasteiger partial charge on any atom is -0.469 e. The quantitative estimate of drug-likeness (QED) is 0.395. The van der Waals surface area contributed by atoms with Crippen LogP contribution in [0.4, 0.5) is 0 Å². The topological polar surface area (TPSA) is 83.3 Å². The van der Waals surface area contributed by atoms with Crippen LogP contribution >= 0.6 is 15.9 Å². The third-order valence-corrected chi connectivity index (χ3v) is 5.33. The largest absolute Gasteiger partial charge is 0.469 e. The Bertz CT molecular complexity index is 1270. The molecule has 4 aromatic rings. The number of fused-ring (bicyclic) bond motifs is 1. The van der Waals surface area contributed by atoms with Crippen LogP contribution in [0.25, 0.3) is 28.0 Å². The van der Waals surface area contributed by atoms with Crippen LogP contribution in [0.2, 0.25) is 0 Å². The molecular formula is C23H18BrN3O4. The Hall–Kier alpha value is -3.52. The third kappa shape index (κ3) is 4.06. The van der Waals surface area contributed by atoms with E-state index in [9.17, 15) is 9.59 Å². The zero-order valence-corrected chi connectivity index (χ0v) is 18.4. The average molecular weight is 480 g/mol. The highest BCUT2D eigenvalue weighted by Gasteiger charge is 2.23. The second-order valence-corrected chi connectivity index (χ2v) is 7.62. The molecule has 0 unspecified atom stereocenters. The number of rotatable bonds is 5. The molecule has 7 nitrogen and oxygen atoms in total. The van der Waals surface area contributed by atoms with Crippen LogP contribution in [0.15, 0.2) is 65.1 Å². The van der Waals surface area contributed by atoms with Crippen LogP contribution in [0.1, 0.15) is 16.1 Å². The van der Waals surface area contributed by atoms with E-state index in [-0.39, 0.29) is 17.7 Å². The maximum absolute atomic E-state index is 12.5. The number of esters is 2. The first-order chi connectivity index (χ1) is 15.0. The zero-order chi connectivity index (χ0) is 22.0. The summed E-state index contributed by atoms with van der Waals surface area (Å²) in [5.41, 5.74) is 3.32. The molecule has 4 rings (SSSR count). The number of para-hydroxylation sites is 1. The van der Waals surface area contributed by atoms with Crippen molar-refractivity contribution in [2.45, 2.75) is 6.42 Å². The van der Waals surface area contributed by atoms with Gasteiger partial charge in [-0.15, -0.1) is 0 Å². The van der Waals surface area contributed by atoms with Gasteiger partial charge in [-0.05, 0) is 30.3 Å². The summed E-state index contributed by atoms with van der Waals surface area (Å²) >= 11 is 3.45. The lowest BCUT2D eigenvalue weighted by Crippen LogP contribution is -2.13. The van der Waals surface area contributed by atoms with E-state index in [1.54, 1.807) is 10.7 Å². The number of methoxy groups -OCH3 is 2. The number of carbonyl (C=O) groups is 2. The highest BCUT2D eigenvalue weighted by molar-refractivity contribution is 9.10. The lowest BCUT2D eigenvalue weighted by Gasteiger charge is -2.08. The smallest absolute Gasteiger partial charge is 0.339 e. The molecule has 2 aromatic heterocycles. The molecule has 2 aromatic carbocycles. The fraction of sp³-hybridized carbons (Fsp3) is 0.130. The first-order valence-electron chi connectivity index (χ1n) is 9.41. The molecule has 0 fully saturated rings. The summed E-state index contributed by atoms with van der Waals surface area (Å²) in [7, 11) is 2.58. The summed E-state index contributed by atoms with van der Waals surface area (Å²) < 4.78 is 12.4. The Morgan fingerprint density at radius 1 is 1.00 bits per heavy atom. The molecule has 156 valence electrons. The van der Waals surface area contributed by atoms with Gasteiger partial charge in [-0.1, -0.05) is 46.3 Å². The van der Waals surface area contributed by atoms with E-state index in [2.05, 4.69) is 20.9 Å². The molecule has 0 amide bonds. The van der Waals surface area contributed by atoms with E-state index in [0.717, 1.165) is 15.7 Å². The number of benzene rings is 2. The summed E-state index contributed by atoms with van der Waals surface area (Å²) in [6.45, 7) is 0. The standard InChI is InChI=1S/C23H18BrN3O4/c1-30-20(28)13-19-17(23(29)31-2)12-18-21(14-8-10-15(24)11-9-14)26-27(22(18)25-19)16-6-4-3-5-7-16/h3-12H,13H2,1-2H3. The molecule has 0 spiro atoms. The third-order valence-electron chi connectivity index (χ3n) is 4.80. The van der Waals surface area contributed by atoms with Crippen molar-refractivity contribution in [1.29, 1.82) is 0 Å². The monoisotopic (exact) mass is 479 g/mol. The summed E-state index contributed by atoms with van der Waals surface area (Å²) in [5, 5.41) is 5.46. The molecule has 0 N–H and O–H groups in total. The molecule has 31 heavy (non-hydrogen) atoms. The van der Waals surface area contributed by atoms with Crippen molar-refractivity contribution in [3.05, 3.63) is 76.4 Å². The van der Waals surface area contributed by atoms with Crippen molar-refractivity contribution in [2.24, 2.45) is 0 Å².